The quantitative estimate of drug-likeness (QED) is 0.283. The monoisotopic (exact) mass is 243 g/mol. The molecule has 0 aliphatic carbocycles. The van der Waals surface area contributed by atoms with Crippen LogP contribution in [0.25, 0.3) is 0 Å². The van der Waals surface area contributed by atoms with Crippen LogP contribution in [-0.4, -0.2) is 35.1 Å². The van der Waals surface area contributed by atoms with E-state index >= 15 is 0 Å². The highest BCUT2D eigenvalue weighted by Gasteiger charge is 2.19. The summed E-state index contributed by atoms with van der Waals surface area (Å²) in [5.74, 6) is 1.08. The largest absolute Gasteiger partial charge is 0.409 e. The maximum absolute atomic E-state index is 8.65. The van der Waals surface area contributed by atoms with Crippen LogP contribution in [0.5, 0.6) is 0 Å². The van der Waals surface area contributed by atoms with Gasteiger partial charge in [0.1, 0.15) is 5.84 Å². The van der Waals surface area contributed by atoms with Crippen LogP contribution in [0.4, 0.5) is 0 Å². The summed E-state index contributed by atoms with van der Waals surface area (Å²) in [6.07, 6.45) is 4.12. The summed E-state index contributed by atoms with van der Waals surface area (Å²) in [7, 11) is 0. The van der Waals surface area contributed by atoms with E-state index in [1.54, 1.807) is 0 Å². The third-order valence-corrected chi connectivity index (χ3v) is 3.61. The molecule has 17 heavy (non-hydrogen) atoms. The number of amidine groups is 1. The average Bonchev–Trinajstić information content (AvgIpc) is 2.37. The molecule has 0 fully saturated rings. The van der Waals surface area contributed by atoms with E-state index in [9.17, 15) is 0 Å². The molecule has 0 spiro atoms. The van der Waals surface area contributed by atoms with Crippen molar-refractivity contribution >= 4 is 5.84 Å². The molecule has 1 atom stereocenters. The fraction of sp³-hybridized carbons (Fsp3) is 0.923. The van der Waals surface area contributed by atoms with E-state index in [0.29, 0.717) is 18.3 Å². The minimum absolute atomic E-state index is 0.333. The highest BCUT2D eigenvalue weighted by atomic mass is 16.4. The Kier molecular flexibility index (Phi) is 8.86. The lowest BCUT2D eigenvalue weighted by atomic mass is 10.0. The van der Waals surface area contributed by atoms with E-state index in [4.69, 9.17) is 10.9 Å². The van der Waals surface area contributed by atoms with Gasteiger partial charge in [0.15, 0.2) is 0 Å². The molecule has 0 radical (unpaired) electrons. The highest BCUT2D eigenvalue weighted by molar-refractivity contribution is 5.80. The molecule has 0 saturated heterocycles. The van der Waals surface area contributed by atoms with E-state index in [2.05, 4.69) is 37.8 Å². The number of nitrogens with two attached hydrogens (primary N) is 1. The van der Waals surface area contributed by atoms with Crippen LogP contribution < -0.4 is 5.73 Å². The van der Waals surface area contributed by atoms with Crippen molar-refractivity contribution in [3.8, 4) is 0 Å². The molecular formula is C13H29N3O. The second-order valence-electron chi connectivity index (χ2n) is 4.63. The summed E-state index contributed by atoms with van der Waals surface area (Å²) in [6, 6.07) is 0.386. The lowest BCUT2D eigenvalue weighted by Crippen LogP contribution is -2.40. The summed E-state index contributed by atoms with van der Waals surface area (Å²) >= 11 is 0. The van der Waals surface area contributed by atoms with Crippen molar-refractivity contribution < 1.29 is 5.21 Å². The van der Waals surface area contributed by atoms with Gasteiger partial charge < -0.3 is 10.9 Å². The van der Waals surface area contributed by atoms with Crippen molar-refractivity contribution in [1.82, 2.24) is 4.90 Å². The van der Waals surface area contributed by atoms with Gasteiger partial charge in [0.05, 0.1) is 0 Å². The fourth-order valence-corrected chi connectivity index (χ4v) is 2.23. The average molecular weight is 243 g/mol. The number of hydrogen-bond donors (Lipinski definition) is 2. The molecule has 0 rings (SSSR count). The molecule has 0 heterocycles. The molecule has 4 heteroatoms. The summed E-state index contributed by atoms with van der Waals surface area (Å²) in [5.41, 5.74) is 5.61. The van der Waals surface area contributed by atoms with E-state index in [1.165, 1.54) is 12.8 Å². The Hall–Kier alpha value is -0.770. The smallest absolute Gasteiger partial charge is 0.140 e. The second kappa shape index (κ2) is 9.28. The zero-order chi connectivity index (χ0) is 13.3. The maximum Gasteiger partial charge on any atom is 0.140 e. The Morgan fingerprint density at radius 2 is 1.76 bits per heavy atom. The van der Waals surface area contributed by atoms with Gasteiger partial charge in [-0.2, -0.15) is 0 Å². The Bertz CT molecular complexity index is 215. The van der Waals surface area contributed by atoms with Gasteiger partial charge in [0.25, 0.3) is 0 Å². The molecule has 0 aliphatic rings. The van der Waals surface area contributed by atoms with Crippen LogP contribution in [0.2, 0.25) is 0 Å². The fourth-order valence-electron chi connectivity index (χ4n) is 2.23. The maximum atomic E-state index is 8.65. The lowest BCUT2D eigenvalue weighted by Gasteiger charge is -2.32. The minimum atomic E-state index is 0.333. The van der Waals surface area contributed by atoms with Crippen molar-refractivity contribution in [3.63, 3.8) is 0 Å². The number of hydrogen-bond acceptors (Lipinski definition) is 3. The molecular weight excluding hydrogens is 214 g/mol. The number of oxime groups is 1. The predicted octanol–water partition coefficient (Wildman–Crippen LogP) is 2.66. The standard InChI is InChI=1S/C13H29N3O/c1-5-11(6-2)10-16(8-4)12(7-3)9-13(14)15-17/h11-12,17H,5-10H2,1-4H3,(H2,14,15). The zero-order valence-electron chi connectivity index (χ0n) is 11.8. The molecule has 0 saturated carbocycles. The molecule has 0 aromatic rings. The van der Waals surface area contributed by atoms with Crippen LogP contribution in [-0.2, 0) is 0 Å². The molecule has 0 aromatic heterocycles. The van der Waals surface area contributed by atoms with E-state index < -0.39 is 0 Å². The van der Waals surface area contributed by atoms with Crippen molar-refractivity contribution in [2.24, 2.45) is 16.8 Å². The molecule has 0 bridgehead atoms. The van der Waals surface area contributed by atoms with Crippen LogP contribution in [0.1, 0.15) is 53.4 Å². The van der Waals surface area contributed by atoms with Gasteiger partial charge >= 0.3 is 0 Å². The van der Waals surface area contributed by atoms with Crippen LogP contribution >= 0.6 is 0 Å². The summed E-state index contributed by atoms with van der Waals surface area (Å²) in [6.45, 7) is 11.0. The first kappa shape index (κ1) is 16.2. The molecule has 4 nitrogen and oxygen atoms in total. The topological polar surface area (TPSA) is 61.8 Å². The Labute approximate surface area is 106 Å². The first-order valence-corrected chi connectivity index (χ1v) is 6.83. The Morgan fingerprint density at radius 1 is 1.18 bits per heavy atom. The lowest BCUT2D eigenvalue weighted by molar-refractivity contribution is 0.168. The van der Waals surface area contributed by atoms with E-state index in [0.717, 1.165) is 25.4 Å². The molecule has 3 N–H and O–H groups in total. The third-order valence-electron chi connectivity index (χ3n) is 3.61. The zero-order valence-corrected chi connectivity index (χ0v) is 11.8. The first-order chi connectivity index (χ1) is 8.12. The molecule has 1 unspecified atom stereocenters. The normalized spacial score (nSPS) is 14.6. The van der Waals surface area contributed by atoms with Crippen LogP contribution in [0.15, 0.2) is 5.16 Å². The molecule has 0 aliphatic heterocycles. The van der Waals surface area contributed by atoms with Gasteiger partial charge in [-0.3, -0.25) is 4.90 Å². The van der Waals surface area contributed by atoms with Gasteiger partial charge in [0.2, 0.25) is 0 Å². The van der Waals surface area contributed by atoms with Crippen LogP contribution in [0.3, 0.4) is 0 Å². The first-order valence-electron chi connectivity index (χ1n) is 6.83. The summed E-state index contributed by atoms with van der Waals surface area (Å²) in [4.78, 5) is 2.45. The summed E-state index contributed by atoms with van der Waals surface area (Å²) < 4.78 is 0. The highest BCUT2D eigenvalue weighted by Crippen LogP contribution is 2.15. The van der Waals surface area contributed by atoms with Gasteiger partial charge in [-0.1, -0.05) is 45.7 Å². The number of rotatable bonds is 9. The SMILES string of the molecule is CCC(CC)CN(CC)C(CC)CC(N)=NO. The van der Waals surface area contributed by atoms with Crippen molar-refractivity contribution in [2.45, 2.75) is 59.4 Å². The predicted molar refractivity (Wildman–Crippen MR) is 73.4 cm³/mol. The van der Waals surface area contributed by atoms with Gasteiger partial charge in [-0.25, -0.2) is 0 Å². The van der Waals surface area contributed by atoms with Crippen molar-refractivity contribution in [1.29, 1.82) is 0 Å². The molecule has 102 valence electrons. The van der Waals surface area contributed by atoms with Gasteiger partial charge in [0, 0.05) is 19.0 Å². The van der Waals surface area contributed by atoms with Gasteiger partial charge in [-0.15, -0.1) is 0 Å². The van der Waals surface area contributed by atoms with E-state index in [-0.39, 0.29) is 0 Å². The van der Waals surface area contributed by atoms with E-state index in [1.807, 2.05) is 0 Å². The third kappa shape index (κ3) is 5.91. The molecule has 0 aromatic carbocycles. The van der Waals surface area contributed by atoms with Crippen molar-refractivity contribution in [3.05, 3.63) is 0 Å². The van der Waals surface area contributed by atoms with Crippen LogP contribution in [0, 0.1) is 5.92 Å². The molecule has 0 amide bonds. The Balaban J connectivity index is 4.47. The Morgan fingerprint density at radius 3 is 2.12 bits per heavy atom. The van der Waals surface area contributed by atoms with Crippen molar-refractivity contribution in [2.75, 3.05) is 13.1 Å². The van der Waals surface area contributed by atoms with Gasteiger partial charge in [-0.05, 0) is 18.9 Å². The minimum Gasteiger partial charge on any atom is -0.409 e. The number of nitrogens with zero attached hydrogens (tertiary/aromatic N) is 2. The summed E-state index contributed by atoms with van der Waals surface area (Å²) in [5, 5.41) is 11.7. The second-order valence-corrected chi connectivity index (χ2v) is 4.63.